The van der Waals surface area contributed by atoms with Crippen molar-refractivity contribution < 1.29 is 9.68 Å². The van der Waals surface area contributed by atoms with Crippen LogP contribution in [0.2, 0.25) is 0 Å². The molecule has 5 heteroatoms. The number of thiol groups is 1. The quantitative estimate of drug-likeness (QED) is 0.491. The van der Waals surface area contributed by atoms with Crippen LogP contribution >= 0.6 is 12.6 Å². The molecule has 11 heavy (non-hydrogen) atoms. The first-order valence-corrected chi connectivity index (χ1v) is 3.30. The van der Waals surface area contributed by atoms with Crippen LogP contribution in [0.25, 0.3) is 0 Å². The maximum atomic E-state index is 8.36. The van der Waals surface area contributed by atoms with Crippen molar-refractivity contribution in [3.8, 4) is 5.75 Å². The summed E-state index contributed by atoms with van der Waals surface area (Å²) in [6, 6.07) is 7.15. The van der Waals surface area contributed by atoms with Crippen LogP contribution in [0.3, 0.4) is 0 Å². The molecule has 0 heterocycles. The van der Waals surface area contributed by atoms with Crippen molar-refractivity contribution in [2.75, 3.05) is 0 Å². The van der Waals surface area contributed by atoms with Crippen molar-refractivity contribution in [1.82, 2.24) is 0 Å². The van der Waals surface area contributed by atoms with Crippen LogP contribution in [0.15, 0.2) is 29.2 Å². The van der Waals surface area contributed by atoms with Gasteiger partial charge in [0.05, 0.1) is 0 Å². The summed E-state index contributed by atoms with van der Waals surface area (Å²) in [6.45, 7) is 0. The third-order valence-corrected chi connectivity index (χ3v) is 1.33. The molecule has 0 aromatic heterocycles. The Bertz CT molecular complexity index is 221. The molecule has 0 amide bonds. The standard InChI is InChI=1S/C6H7BO2S.Na.H/c8-7-9-5-2-1-3-6(10)4-5;;/h1-4,7-8,10H;;. The molecule has 1 aromatic carbocycles. The van der Waals surface area contributed by atoms with Crippen molar-refractivity contribution in [1.29, 1.82) is 0 Å². The molecule has 0 aliphatic heterocycles. The summed E-state index contributed by atoms with van der Waals surface area (Å²) in [4.78, 5) is 0.825. The average molecular weight is 178 g/mol. The van der Waals surface area contributed by atoms with Gasteiger partial charge < -0.3 is 9.68 Å². The van der Waals surface area contributed by atoms with Crippen LogP contribution in [0.1, 0.15) is 0 Å². The Balaban J connectivity index is 0.000001000. The first kappa shape index (κ1) is 11.4. The third-order valence-electron chi connectivity index (χ3n) is 1.05. The topological polar surface area (TPSA) is 29.5 Å². The molecular formula is C6H8BNaO2S. The van der Waals surface area contributed by atoms with E-state index in [2.05, 4.69) is 12.6 Å². The summed E-state index contributed by atoms with van der Waals surface area (Å²) < 4.78 is 4.79. The normalized spacial score (nSPS) is 8.18. The second-order valence-corrected chi connectivity index (χ2v) is 2.29. The Labute approximate surface area is 94.0 Å². The zero-order valence-electron chi connectivity index (χ0n) is 5.32. The number of rotatable bonds is 2. The Morgan fingerprint density at radius 2 is 2.18 bits per heavy atom. The minimum atomic E-state index is -0.294. The van der Waals surface area contributed by atoms with Crippen molar-refractivity contribution in [3.05, 3.63) is 24.3 Å². The Morgan fingerprint density at radius 1 is 1.45 bits per heavy atom. The molecule has 0 radical (unpaired) electrons. The van der Waals surface area contributed by atoms with Gasteiger partial charge in [0, 0.05) is 4.90 Å². The zero-order chi connectivity index (χ0) is 7.40. The Kier molecular flexibility index (Phi) is 6.19. The number of hydrogen-bond donors (Lipinski definition) is 2. The van der Waals surface area contributed by atoms with Gasteiger partial charge in [-0.3, -0.25) is 0 Å². The molecule has 0 spiro atoms. The van der Waals surface area contributed by atoms with Gasteiger partial charge in [0.2, 0.25) is 0 Å². The average Bonchev–Trinajstić information content (AvgIpc) is 1.88. The summed E-state index contributed by atoms with van der Waals surface area (Å²) in [7, 11) is -0.294. The molecule has 1 aromatic rings. The van der Waals surface area contributed by atoms with Gasteiger partial charge in [0.25, 0.3) is 0 Å². The summed E-state index contributed by atoms with van der Waals surface area (Å²) in [6.07, 6.45) is 0. The van der Waals surface area contributed by atoms with Crippen LogP contribution in [-0.2, 0) is 0 Å². The third kappa shape index (κ3) is 4.08. The first-order chi connectivity index (χ1) is 4.83. The second-order valence-electron chi connectivity index (χ2n) is 1.77. The molecule has 2 nitrogen and oxygen atoms in total. The van der Waals surface area contributed by atoms with E-state index in [1.54, 1.807) is 12.1 Å². The van der Waals surface area contributed by atoms with Crippen LogP contribution in [0.4, 0.5) is 0 Å². The van der Waals surface area contributed by atoms with Gasteiger partial charge >= 0.3 is 37.2 Å². The molecule has 54 valence electrons. The number of hydrogen-bond acceptors (Lipinski definition) is 3. The second kappa shape index (κ2) is 5.97. The predicted molar refractivity (Wildman–Crippen MR) is 50.8 cm³/mol. The molecule has 0 saturated heterocycles. The van der Waals surface area contributed by atoms with Crippen molar-refractivity contribution in [2.24, 2.45) is 0 Å². The van der Waals surface area contributed by atoms with E-state index in [0.29, 0.717) is 5.75 Å². The minimum absolute atomic E-state index is 0. The summed E-state index contributed by atoms with van der Waals surface area (Å²) >= 11 is 4.09. The monoisotopic (exact) mass is 178 g/mol. The fourth-order valence-electron chi connectivity index (χ4n) is 0.648. The SMILES string of the molecule is OBOc1cccc(S)c1.[NaH]. The maximum absolute atomic E-state index is 8.36. The first-order valence-electron chi connectivity index (χ1n) is 2.85. The van der Waals surface area contributed by atoms with Gasteiger partial charge in [-0.2, -0.15) is 0 Å². The molecule has 0 aliphatic carbocycles. The Hall–Kier alpha value is 0.395. The van der Waals surface area contributed by atoms with E-state index < -0.39 is 0 Å². The molecule has 1 N–H and O–H groups in total. The van der Waals surface area contributed by atoms with Crippen molar-refractivity contribution in [3.63, 3.8) is 0 Å². The van der Waals surface area contributed by atoms with Crippen LogP contribution in [0.5, 0.6) is 5.75 Å². The van der Waals surface area contributed by atoms with Crippen LogP contribution in [0, 0.1) is 0 Å². The molecular weight excluding hydrogens is 170 g/mol. The van der Waals surface area contributed by atoms with E-state index in [1.165, 1.54) is 0 Å². The van der Waals surface area contributed by atoms with Gasteiger partial charge in [-0.15, -0.1) is 12.6 Å². The van der Waals surface area contributed by atoms with Gasteiger partial charge in [0.15, 0.2) is 0 Å². The summed E-state index contributed by atoms with van der Waals surface area (Å²) in [5.74, 6) is 0.634. The number of benzene rings is 1. The molecule has 0 atom stereocenters. The fourth-order valence-corrected chi connectivity index (χ4v) is 0.861. The van der Waals surface area contributed by atoms with E-state index >= 15 is 0 Å². The Morgan fingerprint density at radius 3 is 2.73 bits per heavy atom. The van der Waals surface area contributed by atoms with Crippen molar-refractivity contribution >= 4 is 49.9 Å². The van der Waals surface area contributed by atoms with Gasteiger partial charge in [0.1, 0.15) is 5.75 Å². The predicted octanol–water partition coefficient (Wildman–Crippen LogP) is -0.0356. The van der Waals surface area contributed by atoms with E-state index in [9.17, 15) is 0 Å². The molecule has 1 rings (SSSR count). The summed E-state index contributed by atoms with van der Waals surface area (Å²) in [5, 5.41) is 8.36. The van der Waals surface area contributed by atoms with Crippen LogP contribution in [-0.4, -0.2) is 42.3 Å². The van der Waals surface area contributed by atoms with Gasteiger partial charge in [-0.25, -0.2) is 0 Å². The zero-order valence-corrected chi connectivity index (χ0v) is 6.21. The molecule has 0 aliphatic rings. The van der Waals surface area contributed by atoms with Crippen molar-refractivity contribution in [2.45, 2.75) is 4.90 Å². The molecule has 0 saturated carbocycles. The van der Waals surface area contributed by atoms with E-state index in [-0.39, 0.29) is 37.2 Å². The van der Waals surface area contributed by atoms with Crippen LogP contribution < -0.4 is 4.65 Å². The van der Waals surface area contributed by atoms with Gasteiger partial charge in [-0.1, -0.05) is 6.07 Å². The molecule has 0 unspecified atom stereocenters. The fraction of sp³-hybridized carbons (Fsp3) is 0. The van der Waals surface area contributed by atoms with E-state index in [1.807, 2.05) is 12.1 Å². The molecule has 0 bridgehead atoms. The van der Waals surface area contributed by atoms with E-state index in [0.717, 1.165) is 4.90 Å². The van der Waals surface area contributed by atoms with E-state index in [4.69, 9.17) is 9.68 Å². The van der Waals surface area contributed by atoms with Gasteiger partial charge in [-0.05, 0) is 18.2 Å². The molecule has 0 fully saturated rings. The summed E-state index contributed by atoms with van der Waals surface area (Å²) in [5.41, 5.74) is 0.